The zero-order valence-electron chi connectivity index (χ0n) is 9.97. The van der Waals surface area contributed by atoms with Crippen molar-refractivity contribution < 1.29 is 0 Å². The van der Waals surface area contributed by atoms with Crippen molar-refractivity contribution in [1.29, 1.82) is 0 Å². The summed E-state index contributed by atoms with van der Waals surface area (Å²) in [5, 5.41) is 0.620. The largest absolute Gasteiger partial charge is 0.328 e. The SMILES string of the molecule is Cc1ccccc1-c1ccc2c(=O)[nH]ccc2n1. The van der Waals surface area contributed by atoms with Crippen molar-refractivity contribution in [2.45, 2.75) is 6.92 Å². The summed E-state index contributed by atoms with van der Waals surface area (Å²) in [6.07, 6.45) is 1.62. The maximum atomic E-state index is 11.6. The van der Waals surface area contributed by atoms with Gasteiger partial charge in [-0.05, 0) is 30.7 Å². The molecular formula is C15H12N2O. The number of nitrogens with one attached hydrogen (secondary N) is 1. The summed E-state index contributed by atoms with van der Waals surface area (Å²) in [4.78, 5) is 18.8. The van der Waals surface area contributed by atoms with Crippen molar-refractivity contribution in [3.05, 3.63) is 64.6 Å². The lowest BCUT2D eigenvalue weighted by molar-refractivity contribution is 1.25. The molecule has 88 valence electrons. The van der Waals surface area contributed by atoms with Crippen LogP contribution in [0.1, 0.15) is 5.56 Å². The van der Waals surface area contributed by atoms with Crippen LogP contribution < -0.4 is 5.56 Å². The molecule has 0 unspecified atom stereocenters. The van der Waals surface area contributed by atoms with Crippen LogP contribution in [0.2, 0.25) is 0 Å². The Labute approximate surface area is 104 Å². The van der Waals surface area contributed by atoms with E-state index in [1.165, 1.54) is 5.56 Å². The van der Waals surface area contributed by atoms with E-state index in [-0.39, 0.29) is 5.56 Å². The van der Waals surface area contributed by atoms with Crippen LogP contribution in [0.25, 0.3) is 22.2 Å². The normalized spacial score (nSPS) is 10.7. The number of pyridine rings is 2. The van der Waals surface area contributed by atoms with Crippen molar-refractivity contribution in [2.75, 3.05) is 0 Å². The fourth-order valence-corrected chi connectivity index (χ4v) is 2.08. The molecule has 3 nitrogen and oxygen atoms in total. The first-order valence-electron chi connectivity index (χ1n) is 5.80. The lowest BCUT2D eigenvalue weighted by atomic mass is 10.0. The van der Waals surface area contributed by atoms with E-state index in [0.717, 1.165) is 16.8 Å². The average Bonchev–Trinajstić information content (AvgIpc) is 2.39. The Balaban J connectivity index is 2.27. The Morgan fingerprint density at radius 3 is 2.72 bits per heavy atom. The summed E-state index contributed by atoms with van der Waals surface area (Å²) in [6, 6.07) is 13.6. The standard InChI is InChI=1S/C15H12N2O/c1-10-4-2-3-5-11(10)13-7-6-12-14(17-13)8-9-16-15(12)18/h2-9H,1H3,(H,16,18). The molecule has 3 rings (SSSR count). The van der Waals surface area contributed by atoms with Crippen molar-refractivity contribution in [2.24, 2.45) is 0 Å². The highest BCUT2D eigenvalue weighted by atomic mass is 16.1. The third-order valence-corrected chi connectivity index (χ3v) is 3.05. The van der Waals surface area contributed by atoms with E-state index in [9.17, 15) is 4.79 Å². The summed E-state index contributed by atoms with van der Waals surface area (Å²) >= 11 is 0. The molecule has 0 aliphatic heterocycles. The van der Waals surface area contributed by atoms with Gasteiger partial charge in [0.05, 0.1) is 16.6 Å². The van der Waals surface area contributed by atoms with Crippen molar-refractivity contribution in [3.8, 4) is 11.3 Å². The van der Waals surface area contributed by atoms with Crippen LogP contribution >= 0.6 is 0 Å². The lowest BCUT2D eigenvalue weighted by Crippen LogP contribution is -2.05. The number of fused-ring (bicyclic) bond motifs is 1. The van der Waals surface area contributed by atoms with Gasteiger partial charge in [0.1, 0.15) is 0 Å². The Hall–Kier alpha value is -2.42. The Bertz CT molecular complexity index is 775. The fraction of sp³-hybridized carbons (Fsp3) is 0.0667. The summed E-state index contributed by atoms with van der Waals surface area (Å²) in [7, 11) is 0. The molecular weight excluding hydrogens is 224 g/mol. The Morgan fingerprint density at radius 1 is 1.06 bits per heavy atom. The molecule has 0 aliphatic carbocycles. The molecule has 0 spiro atoms. The van der Waals surface area contributed by atoms with Crippen LogP contribution in [-0.2, 0) is 0 Å². The number of aryl methyl sites for hydroxylation is 1. The third kappa shape index (κ3) is 1.70. The molecule has 0 radical (unpaired) electrons. The first kappa shape index (κ1) is 10.7. The van der Waals surface area contributed by atoms with Crippen molar-refractivity contribution in [3.63, 3.8) is 0 Å². The third-order valence-electron chi connectivity index (χ3n) is 3.05. The van der Waals surface area contributed by atoms with Crippen LogP contribution in [0.15, 0.2) is 53.5 Å². The number of hydrogen-bond donors (Lipinski definition) is 1. The Morgan fingerprint density at radius 2 is 1.89 bits per heavy atom. The van der Waals surface area contributed by atoms with Crippen LogP contribution in [0.5, 0.6) is 0 Å². The molecule has 0 saturated heterocycles. The molecule has 3 heteroatoms. The second-order valence-electron chi connectivity index (χ2n) is 4.25. The summed E-state index contributed by atoms with van der Waals surface area (Å²) in [5.41, 5.74) is 3.79. The van der Waals surface area contributed by atoms with E-state index in [4.69, 9.17) is 0 Å². The van der Waals surface area contributed by atoms with Crippen molar-refractivity contribution in [1.82, 2.24) is 9.97 Å². The fourth-order valence-electron chi connectivity index (χ4n) is 2.08. The van der Waals surface area contributed by atoms with Gasteiger partial charge >= 0.3 is 0 Å². The van der Waals surface area contributed by atoms with Gasteiger partial charge < -0.3 is 4.98 Å². The van der Waals surface area contributed by atoms with E-state index >= 15 is 0 Å². The van der Waals surface area contributed by atoms with Gasteiger partial charge in [-0.1, -0.05) is 24.3 Å². The zero-order chi connectivity index (χ0) is 12.5. The van der Waals surface area contributed by atoms with E-state index < -0.39 is 0 Å². The summed E-state index contributed by atoms with van der Waals surface area (Å²) in [6.45, 7) is 2.05. The van der Waals surface area contributed by atoms with Crippen LogP contribution in [0.4, 0.5) is 0 Å². The number of hydrogen-bond acceptors (Lipinski definition) is 2. The first-order chi connectivity index (χ1) is 8.75. The number of benzene rings is 1. The topological polar surface area (TPSA) is 45.8 Å². The predicted octanol–water partition coefficient (Wildman–Crippen LogP) is 2.90. The molecule has 0 atom stereocenters. The van der Waals surface area contributed by atoms with Gasteiger partial charge in [0.2, 0.25) is 0 Å². The molecule has 0 amide bonds. The lowest BCUT2D eigenvalue weighted by Gasteiger charge is -2.05. The predicted molar refractivity (Wildman–Crippen MR) is 72.5 cm³/mol. The van der Waals surface area contributed by atoms with E-state index in [1.807, 2.05) is 36.4 Å². The van der Waals surface area contributed by atoms with Gasteiger partial charge in [-0.25, -0.2) is 4.98 Å². The van der Waals surface area contributed by atoms with Crippen LogP contribution in [0.3, 0.4) is 0 Å². The number of aromatic nitrogens is 2. The molecule has 0 fully saturated rings. The number of H-pyrrole nitrogens is 1. The minimum Gasteiger partial charge on any atom is -0.328 e. The summed E-state index contributed by atoms with van der Waals surface area (Å²) in [5.74, 6) is 0. The number of rotatable bonds is 1. The second kappa shape index (κ2) is 4.11. The molecule has 0 bridgehead atoms. The molecule has 3 aromatic rings. The quantitative estimate of drug-likeness (QED) is 0.706. The van der Waals surface area contributed by atoms with E-state index in [2.05, 4.69) is 23.0 Å². The Kier molecular flexibility index (Phi) is 2.45. The smallest absolute Gasteiger partial charge is 0.257 e. The van der Waals surface area contributed by atoms with Crippen LogP contribution in [-0.4, -0.2) is 9.97 Å². The molecule has 2 aromatic heterocycles. The molecule has 1 N–H and O–H groups in total. The average molecular weight is 236 g/mol. The van der Waals surface area contributed by atoms with Gasteiger partial charge in [0, 0.05) is 11.8 Å². The van der Waals surface area contributed by atoms with Gasteiger partial charge in [0.25, 0.3) is 5.56 Å². The second-order valence-corrected chi connectivity index (χ2v) is 4.25. The zero-order valence-corrected chi connectivity index (χ0v) is 9.97. The van der Waals surface area contributed by atoms with Crippen molar-refractivity contribution >= 4 is 10.9 Å². The minimum absolute atomic E-state index is 0.101. The summed E-state index contributed by atoms with van der Waals surface area (Å²) < 4.78 is 0. The highest BCUT2D eigenvalue weighted by molar-refractivity contribution is 5.80. The molecule has 1 aromatic carbocycles. The van der Waals surface area contributed by atoms with Gasteiger partial charge in [-0.2, -0.15) is 0 Å². The minimum atomic E-state index is -0.101. The highest BCUT2D eigenvalue weighted by Crippen LogP contribution is 2.22. The maximum Gasteiger partial charge on any atom is 0.257 e. The van der Waals surface area contributed by atoms with E-state index in [0.29, 0.717) is 5.39 Å². The van der Waals surface area contributed by atoms with E-state index in [1.54, 1.807) is 6.20 Å². The monoisotopic (exact) mass is 236 g/mol. The molecule has 18 heavy (non-hydrogen) atoms. The van der Waals surface area contributed by atoms with Gasteiger partial charge in [0.15, 0.2) is 0 Å². The first-order valence-corrected chi connectivity index (χ1v) is 5.80. The molecule has 0 saturated carbocycles. The number of aromatic amines is 1. The maximum absolute atomic E-state index is 11.6. The van der Waals surface area contributed by atoms with Gasteiger partial charge in [-0.3, -0.25) is 4.79 Å². The number of nitrogens with zero attached hydrogens (tertiary/aromatic N) is 1. The molecule has 0 aliphatic rings. The van der Waals surface area contributed by atoms with Gasteiger partial charge in [-0.15, -0.1) is 0 Å². The highest BCUT2D eigenvalue weighted by Gasteiger charge is 2.05. The molecule has 2 heterocycles. The van der Waals surface area contributed by atoms with Crippen LogP contribution in [0, 0.1) is 6.92 Å².